The van der Waals surface area contributed by atoms with E-state index in [1.54, 1.807) is 25.0 Å². The van der Waals surface area contributed by atoms with Crippen LogP contribution in [0.25, 0.3) is 0 Å². The number of benzene rings is 1. The number of likely N-dealkylation sites (N-methyl/N-ethyl adjacent to an activating group) is 1. The van der Waals surface area contributed by atoms with E-state index in [1.807, 2.05) is 6.92 Å². The number of rotatable bonds is 6. The van der Waals surface area contributed by atoms with Crippen molar-refractivity contribution >= 4 is 15.9 Å². The van der Waals surface area contributed by atoms with E-state index in [0.717, 1.165) is 0 Å². The molecule has 0 saturated heterocycles. The van der Waals surface area contributed by atoms with Crippen LogP contribution in [0, 0.1) is 6.92 Å². The second kappa shape index (κ2) is 6.83. The largest absolute Gasteiger partial charge is 0.383 e. The lowest BCUT2D eigenvalue weighted by Crippen LogP contribution is -2.33. The van der Waals surface area contributed by atoms with Gasteiger partial charge in [0.05, 0.1) is 11.5 Å². The third kappa shape index (κ3) is 4.29. The molecule has 1 rings (SSSR count). The summed E-state index contributed by atoms with van der Waals surface area (Å²) in [5.74, 6) is -0.238. The van der Waals surface area contributed by atoms with E-state index in [4.69, 9.17) is 9.88 Å². The van der Waals surface area contributed by atoms with Gasteiger partial charge in [0.2, 0.25) is 10.0 Å². The van der Waals surface area contributed by atoms with Gasteiger partial charge in [-0.25, -0.2) is 13.6 Å². The van der Waals surface area contributed by atoms with Crippen molar-refractivity contribution in [2.24, 2.45) is 5.14 Å². The van der Waals surface area contributed by atoms with E-state index >= 15 is 0 Å². The fraction of sp³-hybridized carbons (Fsp3) is 0.462. The molecule has 0 aliphatic rings. The summed E-state index contributed by atoms with van der Waals surface area (Å²) in [6.45, 7) is 4.96. The Morgan fingerprint density at radius 1 is 1.35 bits per heavy atom. The summed E-state index contributed by atoms with van der Waals surface area (Å²) < 4.78 is 27.8. The van der Waals surface area contributed by atoms with Gasteiger partial charge in [0, 0.05) is 25.8 Å². The molecule has 0 aliphatic carbocycles. The molecule has 0 unspecified atom stereocenters. The lowest BCUT2D eigenvalue weighted by Gasteiger charge is -2.21. The highest BCUT2D eigenvalue weighted by atomic mass is 32.2. The first-order valence-electron chi connectivity index (χ1n) is 6.22. The van der Waals surface area contributed by atoms with Crippen LogP contribution in [0.3, 0.4) is 0 Å². The molecule has 0 radical (unpaired) electrons. The van der Waals surface area contributed by atoms with Gasteiger partial charge in [0.1, 0.15) is 0 Å². The summed E-state index contributed by atoms with van der Waals surface area (Å²) in [6.07, 6.45) is 0. The van der Waals surface area contributed by atoms with E-state index in [2.05, 4.69) is 0 Å². The van der Waals surface area contributed by atoms with Crippen LogP contribution < -0.4 is 5.14 Å². The summed E-state index contributed by atoms with van der Waals surface area (Å²) >= 11 is 0. The van der Waals surface area contributed by atoms with Crippen LogP contribution in [0.2, 0.25) is 0 Å². The molecule has 0 heterocycles. The minimum atomic E-state index is -3.83. The minimum absolute atomic E-state index is 0.0522. The lowest BCUT2D eigenvalue weighted by molar-refractivity contribution is 0.0706. The van der Waals surface area contributed by atoms with Crippen LogP contribution in [0.4, 0.5) is 0 Å². The Labute approximate surface area is 119 Å². The summed E-state index contributed by atoms with van der Waals surface area (Å²) in [5, 5.41) is 5.11. The summed E-state index contributed by atoms with van der Waals surface area (Å²) in [5.41, 5.74) is 0.981. The van der Waals surface area contributed by atoms with Gasteiger partial charge < -0.3 is 9.64 Å². The average molecular weight is 300 g/mol. The molecule has 0 atom stereocenters. The Hall–Kier alpha value is -1.44. The van der Waals surface area contributed by atoms with Crippen LogP contribution in [0.1, 0.15) is 22.8 Å². The van der Waals surface area contributed by atoms with E-state index in [9.17, 15) is 13.2 Å². The van der Waals surface area contributed by atoms with Gasteiger partial charge in [-0.15, -0.1) is 0 Å². The highest BCUT2D eigenvalue weighted by Gasteiger charge is 2.17. The van der Waals surface area contributed by atoms with Gasteiger partial charge in [0.25, 0.3) is 5.91 Å². The number of ether oxygens (including phenoxy) is 1. The van der Waals surface area contributed by atoms with Crippen molar-refractivity contribution in [3.05, 3.63) is 29.3 Å². The third-order valence-corrected chi connectivity index (χ3v) is 3.75. The monoisotopic (exact) mass is 300 g/mol. The predicted octanol–water partition coefficient (Wildman–Crippen LogP) is 0.751. The SMILES string of the molecule is CCN(CCOC)C(=O)c1cc(C)cc(S(N)(=O)=O)c1. The average Bonchev–Trinajstić information content (AvgIpc) is 2.37. The Bertz CT molecular complexity index is 584. The molecule has 112 valence electrons. The van der Waals surface area contributed by atoms with Crippen LogP contribution in [0.5, 0.6) is 0 Å². The first-order chi connectivity index (χ1) is 9.29. The zero-order chi connectivity index (χ0) is 15.3. The second-order valence-electron chi connectivity index (χ2n) is 4.46. The summed E-state index contributed by atoms with van der Waals surface area (Å²) in [7, 11) is -2.27. The van der Waals surface area contributed by atoms with Crippen molar-refractivity contribution in [2.45, 2.75) is 18.7 Å². The number of nitrogens with zero attached hydrogens (tertiary/aromatic N) is 1. The number of aryl methyl sites for hydroxylation is 1. The summed E-state index contributed by atoms with van der Waals surface area (Å²) in [6, 6.07) is 4.39. The molecule has 1 aromatic rings. The van der Waals surface area contributed by atoms with Gasteiger partial charge in [0.15, 0.2) is 0 Å². The Balaban J connectivity index is 3.12. The number of sulfonamides is 1. The molecular formula is C13H20N2O4S. The Morgan fingerprint density at radius 2 is 2.00 bits per heavy atom. The van der Waals surface area contributed by atoms with Crippen LogP contribution >= 0.6 is 0 Å². The Kier molecular flexibility index (Phi) is 5.67. The van der Waals surface area contributed by atoms with Gasteiger partial charge in [-0.05, 0) is 37.6 Å². The topological polar surface area (TPSA) is 89.7 Å². The fourth-order valence-electron chi connectivity index (χ4n) is 1.82. The fourth-order valence-corrected chi connectivity index (χ4v) is 2.46. The molecule has 7 heteroatoms. The van der Waals surface area contributed by atoms with Gasteiger partial charge in [-0.1, -0.05) is 0 Å². The molecule has 20 heavy (non-hydrogen) atoms. The maximum absolute atomic E-state index is 12.3. The third-order valence-electron chi connectivity index (χ3n) is 2.86. The predicted molar refractivity (Wildman–Crippen MR) is 76.0 cm³/mol. The van der Waals surface area contributed by atoms with Gasteiger partial charge >= 0.3 is 0 Å². The van der Waals surface area contributed by atoms with Crippen molar-refractivity contribution in [1.82, 2.24) is 4.90 Å². The van der Waals surface area contributed by atoms with Crippen molar-refractivity contribution in [2.75, 3.05) is 26.8 Å². The molecule has 0 spiro atoms. The van der Waals surface area contributed by atoms with E-state index in [0.29, 0.717) is 30.8 Å². The van der Waals surface area contributed by atoms with E-state index in [-0.39, 0.29) is 10.8 Å². The lowest BCUT2D eigenvalue weighted by atomic mass is 10.1. The normalized spacial score (nSPS) is 11.4. The molecule has 0 fully saturated rings. The number of hydrogen-bond donors (Lipinski definition) is 1. The molecule has 0 aliphatic heterocycles. The van der Waals surface area contributed by atoms with Crippen LogP contribution in [0.15, 0.2) is 23.1 Å². The van der Waals surface area contributed by atoms with Crippen molar-refractivity contribution in [1.29, 1.82) is 0 Å². The molecule has 0 aromatic heterocycles. The number of carbonyl (C=O) groups excluding carboxylic acids is 1. The smallest absolute Gasteiger partial charge is 0.253 e. The minimum Gasteiger partial charge on any atom is -0.383 e. The molecular weight excluding hydrogens is 280 g/mol. The van der Waals surface area contributed by atoms with Crippen LogP contribution in [-0.4, -0.2) is 46.0 Å². The molecule has 6 nitrogen and oxygen atoms in total. The molecule has 1 aromatic carbocycles. The molecule has 2 N–H and O–H groups in total. The maximum Gasteiger partial charge on any atom is 0.253 e. The molecule has 0 bridgehead atoms. The number of amides is 1. The van der Waals surface area contributed by atoms with E-state index < -0.39 is 10.0 Å². The van der Waals surface area contributed by atoms with Crippen molar-refractivity contribution in [3.8, 4) is 0 Å². The van der Waals surface area contributed by atoms with Crippen LogP contribution in [-0.2, 0) is 14.8 Å². The number of hydrogen-bond acceptors (Lipinski definition) is 4. The second-order valence-corrected chi connectivity index (χ2v) is 6.02. The van der Waals surface area contributed by atoms with Crippen molar-refractivity contribution in [3.63, 3.8) is 0 Å². The number of carbonyl (C=O) groups is 1. The quantitative estimate of drug-likeness (QED) is 0.839. The Morgan fingerprint density at radius 3 is 2.50 bits per heavy atom. The van der Waals surface area contributed by atoms with E-state index in [1.165, 1.54) is 12.1 Å². The molecule has 1 amide bonds. The number of nitrogens with two attached hydrogens (primary N) is 1. The highest BCUT2D eigenvalue weighted by molar-refractivity contribution is 7.89. The zero-order valence-corrected chi connectivity index (χ0v) is 12.7. The first-order valence-corrected chi connectivity index (χ1v) is 7.77. The highest BCUT2D eigenvalue weighted by Crippen LogP contribution is 2.15. The van der Waals surface area contributed by atoms with Gasteiger partial charge in [-0.3, -0.25) is 4.79 Å². The standard InChI is InChI=1S/C13H20N2O4S/c1-4-15(5-6-19-3)13(16)11-7-10(2)8-12(9-11)20(14,17)18/h7-9H,4-6H2,1-3H3,(H2,14,17,18). The number of methoxy groups -OCH3 is 1. The molecule has 0 saturated carbocycles. The zero-order valence-electron chi connectivity index (χ0n) is 11.9. The number of primary sulfonamides is 1. The maximum atomic E-state index is 12.3. The van der Waals surface area contributed by atoms with Crippen molar-refractivity contribution < 1.29 is 17.9 Å². The first kappa shape index (κ1) is 16.6. The van der Waals surface area contributed by atoms with Gasteiger partial charge in [-0.2, -0.15) is 0 Å². The summed E-state index contributed by atoms with van der Waals surface area (Å²) in [4.78, 5) is 13.9.